The van der Waals surface area contributed by atoms with E-state index in [1.54, 1.807) is 6.92 Å². The van der Waals surface area contributed by atoms with Gasteiger partial charge in [-0.05, 0) is 55.9 Å². The molecule has 3 fully saturated rings. The number of carbonyl (C=O) groups excluding carboxylic acids is 1. The average Bonchev–Trinajstić information content (AvgIpc) is 2.85. The zero-order valence-electron chi connectivity index (χ0n) is 15.7. The van der Waals surface area contributed by atoms with Crippen LogP contribution >= 0.6 is 0 Å². The summed E-state index contributed by atoms with van der Waals surface area (Å²) in [7, 11) is 0. The fourth-order valence-electron chi connectivity index (χ4n) is 7.31. The van der Waals surface area contributed by atoms with E-state index in [9.17, 15) is 9.90 Å². The summed E-state index contributed by atoms with van der Waals surface area (Å²) in [6.07, 6.45) is 10.5. The van der Waals surface area contributed by atoms with E-state index in [1.807, 2.05) is 0 Å². The van der Waals surface area contributed by atoms with Crippen molar-refractivity contribution in [3.8, 4) is 0 Å². The molecule has 0 heterocycles. The van der Waals surface area contributed by atoms with Crippen molar-refractivity contribution in [3.05, 3.63) is 36.0 Å². The Morgan fingerprint density at radius 1 is 1.36 bits per heavy atom. The number of hydrogen-bond acceptors (Lipinski definition) is 3. The van der Waals surface area contributed by atoms with Gasteiger partial charge < -0.3 is 10.8 Å². The molecule has 0 aliphatic heterocycles. The normalized spacial score (nSPS) is 51.4. The van der Waals surface area contributed by atoms with Gasteiger partial charge >= 0.3 is 0 Å². The highest BCUT2D eigenvalue weighted by atomic mass is 16.3. The Morgan fingerprint density at radius 2 is 2.08 bits per heavy atom. The van der Waals surface area contributed by atoms with Gasteiger partial charge in [-0.1, -0.05) is 44.2 Å². The number of aliphatic hydroxyl groups is 1. The molecule has 0 radical (unpaired) electrons. The third-order valence-electron chi connectivity index (χ3n) is 8.26. The minimum atomic E-state index is -0.476. The molecular weight excluding hydrogens is 310 g/mol. The molecule has 3 saturated carbocycles. The molecule has 0 spiro atoms. The Hall–Kier alpha value is -1.19. The van der Waals surface area contributed by atoms with Crippen LogP contribution in [-0.2, 0) is 4.79 Å². The molecule has 5 unspecified atom stereocenters. The highest BCUT2D eigenvalue weighted by Crippen LogP contribution is 2.66. The van der Waals surface area contributed by atoms with Crippen LogP contribution < -0.4 is 5.73 Å². The molecule has 136 valence electrons. The number of rotatable bonds is 1. The van der Waals surface area contributed by atoms with Crippen LogP contribution in [0.4, 0.5) is 0 Å². The van der Waals surface area contributed by atoms with Gasteiger partial charge in [-0.3, -0.25) is 4.79 Å². The first-order valence-corrected chi connectivity index (χ1v) is 9.69. The summed E-state index contributed by atoms with van der Waals surface area (Å²) < 4.78 is 0. The molecule has 4 rings (SSSR count). The van der Waals surface area contributed by atoms with Gasteiger partial charge in [0.15, 0.2) is 0 Å². The van der Waals surface area contributed by atoms with Gasteiger partial charge in [0.05, 0.1) is 6.10 Å². The highest BCUT2D eigenvalue weighted by Gasteiger charge is 2.67. The quantitative estimate of drug-likeness (QED) is 0.767. The maximum atomic E-state index is 12.3. The monoisotopic (exact) mass is 341 g/mol. The van der Waals surface area contributed by atoms with E-state index < -0.39 is 11.6 Å². The first-order valence-electron chi connectivity index (χ1n) is 9.69. The standard InChI is InChI=1S/C22H31NO2/c1-13-7-9-20(3)15(11-13)8-10-22(23)18-6-5-16(14(2)24)21(18,4)12-17(25)19(20)22/h7,9,11,16-19,25H,1,5-6,8,10,12,23H2,2-4H3/t16?,17?,18-,19-,20?,21?,22?/m1/s1. The third kappa shape index (κ3) is 2.09. The number of Topliss-reactive ketones (excluding diaryl/α,β-unsaturated/α-hetero) is 1. The van der Waals surface area contributed by atoms with Crippen LogP contribution in [0.25, 0.3) is 0 Å². The minimum absolute atomic E-state index is 0.00753. The number of nitrogens with two attached hydrogens (primary N) is 1. The van der Waals surface area contributed by atoms with Crippen LogP contribution in [0.2, 0.25) is 0 Å². The van der Waals surface area contributed by atoms with Crippen LogP contribution in [0.1, 0.15) is 52.9 Å². The van der Waals surface area contributed by atoms with Crippen LogP contribution in [0, 0.1) is 28.6 Å². The van der Waals surface area contributed by atoms with Crippen molar-refractivity contribution >= 4 is 5.78 Å². The van der Waals surface area contributed by atoms with E-state index in [1.165, 1.54) is 5.57 Å². The molecule has 0 amide bonds. The Balaban J connectivity index is 1.80. The fraction of sp³-hybridized carbons (Fsp3) is 0.682. The number of aliphatic hydroxyl groups excluding tert-OH is 1. The van der Waals surface area contributed by atoms with Crippen molar-refractivity contribution in [1.82, 2.24) is 0 Å². The lowest BCUT2D eigenvalue weighted by Crippen LogP contribution is -2.70. The Labute approximate surface area is 151 Å². The molecule has 0 aromatic carbocycles. The van der Waals surface area contributed by atoms with Gasteiger partial charge in [0.1, 0.15) is 5.78 Å². The highest BCUT2D eigenvalue weighted by molar-refractivity contribution is 5.79. The van der Waals surface area contributed by atoms with Crippen molar-refractivity contribution in [3.63, 3.8) is 0 Å². The molecule has 3 nitrogen and oxygen atoms in total. The molecule has 25 heavy (non-hydrogen) atoms. The Bertz CT molecular complexity index is 707. The largest absolute Gasteiger partial charge is 0.393 e. The molecule has 4 aliphatic carbocycles. The first kappa shape index (κ1) is 17.2. The summed E-state index contributed by atoms with van der Waals surface area (Å²) in [5.74, 6) is 0.614. The number of fused-ring (bicyclic) bond motifs is 5. The maximum absolute atomic E-state index is 12.3. The number of hydrogen-bond donors (Lipinski definition) is 2. The van der Waals surface area contributed by atoms with E-state index in [4.69, 9.17) is 5.73 Å². The van der Waals surface area contributed by atoms with E-state index in [-0.39, 0.29) is 28.4 Å². The average molecular weight is 341 g/mol. The van der Waals surface area contributed by atoms with E-state index >= 15 is 0 Å². The summed E-state index contributed by atoms with van der Waals surface area (Å²) >= 11 is 0. The molecular formula is C22H31NO2. The number of ketones is 1. The Morgan fingerprint density at radius 3 is 2.76 bits per heavy atom. The molecule has 3 N–H and O–H groups in total. The summed E-state index contributed by atoms with van der Waals surface area (Å²) in [6.45, 7) is 10.2. The Kier molecular flexibility index (Phi) is 3.56. The zero-order valence-corrected chi connectivity index (χ0v) is 15.7. The van der Waals surface area contributed by atoms with E-state index in [0.29, 0.717) is 12.3 Å². The molecule has 0 bridgehead atoms. The zero-order chi connectivity index (χ0) is 18.2. The fourth-order valence-corrected chi connectivity index (χ4v) is 7.31. The molecule has 0 aromatic heterocycles. The van der Waals surface area contributed by atoms with E-state index in [2.05, 4.69) is 38.7 Å². The van der Waals surface area contributed by atoms with Gasteiger partial charge in [-0.2, -0.15) is 0 Å². The SMILES string of the molecule is C=C1C=CC2(C)C(=C1)CCC1(N)[C@@H]2C(O)CC2(C)C(C(C)=O)CC[C@H]21. The van der Waals surface area contributed by atoms with Crippen LogP contribution in [-0.4, -0.2) is 22.5 Å². The number of carbonyl (C=O) groups is 1. The van der Waals surface area contributed by atoms with Crippen LogP contribution in [0.3, 0.4) is 0 Å². The predicted molar refractivity (Wildman–Crippen MR) is 99.7 cm³/mol. The van der Waals surface area contributed by atoms with Gasteiger partial charge in [0.25, 0.3) is 0 Å². The lowest BCUT2D eigenvalue weighted by atomic mass is 9.43. The van der Waals surface area contributed by atoms with Crippen molar-refractivity contribution in [2.24, 2.45) is 34.3 Å². The van der Waals surface area contributed by atoms with Crippen molar-refractivity contribution in [1.29, 1.82) is 0 Å². The van der Waals surface area contributed by atoms with E-state index in [0.717, 1.165) is 31.3 Å². The second-order valence-corrected chi connectivity index (χ2v) is 9.52. The lowest BCUT2D eigenvalue weighted by molar-refractivity contribution is -0.142. The van der Waals surface area contributed by atoms with Crippen LogP contribution in [0.15, 0.2) is 36.0 Å². The summed E-state index contributed by atoms with van der Waals surface area (Å²) in [6, 6.07) is 0. The van der Waals surface area contributed by atoms with Gasteiger partial charge in [-0.15, -0.1) is 0 Å². The third-order valence-corrected chi connectivity index (χ3v) is 8.26. The second-order valence-electron chi connectivity index (χ2n) is 9.52. The molecule has 0 aromatic rings. The van der Waals surface area contributed by atoms with Crippen molar-refractivity contribution in [2.75, 3.05) is 0 Å². The summed E-state index contributed by atoms with van der Waals surface area (Å²) in [5.41, 5.74) is 8.76. The van der Waals surface area contributed by atoms with Crippen LogP contribution in [0.5, 0.6) is 0 Å². The topological polar surface area (TPSA) is 63.3 Å². The van der Waals surface area contributed by atoms with Crippen molar-refractivity contribution in [2.45, 2.75) is 64.5 Å². The smallest absolute Gasteiger partial charge is 0.133 e. The number of allylic oxidation sites excluding steroid dienone is 5. The summed E-state index contributed by atoms with van der Waals surface area (Å²) in [5, 5.41) is 11.3. The molecule has 3 heteroatoms. The van der Waals surface area contributed by atoms with Gasteiger partial charge in [0.2, 0.25) is 0 Å². The second kappa shape index (κ2) is 5.17. The molecule has 7 atom stereocenters. The summed E-state index contributed by atoms with van der Waals surface area (Å²) in [4.78, 5) is 12.3. The maximum Gasteiger partial charge on any atom is 0.133 e. The van der Waals surface area contributed by atoms with Gasteiger partial charge in [-0.25, -0.2) is 0 Å². The lowest BCUT2D eigenvalue weighted by Gasteiger charge is -2.63. The molecule has 0 saturated heterocycles. The van der Waals surface area contributed by atoms with Gasteiger partial charge in [0, 0.05) is 22.8 Å². The predicted octanol–water partition coefficient (Wildman–Crippen LogP) is 3.54. The first-order chi connectivity index (χ1) is 11.6. The van der Waals surface area contributed by atoms with Crippen molar-refractivity contribution < 1.29 is 9.90 Å². The molecule has 4 aliphatic rings. The minimum Gasteiger partial charge on any atom is -0.393 e.